The lowest BCUT2D eigenvalue weighted by atomic mass is 9.82. The molecule has 1 aromatic rings. The summed E-state index contributed by atoms with van der Waals surface area (Å²) in [6, 6.07) is 4.74. The Hall–Kier alpha value is -2.04. The van der Waals surface area contributed by atoms with Gasteiger partial charge >= 0.3 is 5.97 Å². The van der Waals surface area contributed by atoms with Gasteiger partial charge in [0.25, 0.3) is 0 Å². The van der Waals surface area contributed by atoms with E-state index in [1.807, 2.05) is 0 Å². The fourth-order valence-electron chi connectivity index (χ4n) is 2.54. The minimum atomic E-state index is -0.698. The maximum absolute atomic E-state index is 10.8. The number of carboxylic acids is 1. The molecule has 0 unspecified atom stereocenters. The van der Waals surface area contributed by atoms with Crippen LogP contribution in [0.5, 0.6) is 11.5 Å². The number of nitrogens with zero attached hydrogens (tertiary/aromatic N) is 1. The number of hydrogen-bond acceptors (Lipinski definition) is 4. The Morgan fingerprint density at radius 2 is 1.95 bits per heavy atom. The molecule has 0 heterocycles. The van der Waals surface area contributed by atoms with Gasteiger partial charge < -0.3 is 15.3 Å². The van der Waals surface area contributed by atoms with E-state index in [9.17, 15) is 15.0 Å². The zero-order valence-electron chi connectivity index (χ0n) is 11.2. The number of rotatable bonds is 4. The molecule has 1 aromatic carbocycles. The van der Waals surface area contributed by atoms with Gasteiger partial charge in [0.2, 0.25) is 0 Å². The van der Waals surface area contributed by atoms with E-state index in [2.05, 4.69) is 4.99 Å². The third kappa shape index (κ3) is 3.50. The van der Waals surface area contributed by atoms with E-state index in [0.29, 0.717) is 30.9 Å². The van der Waals surface area contributed by atoms with E-state index < -0.39 is 5.97 Å². The van der Waals surface area contributed by atoms with Crippen molar-refractivity contribution in [1.82, 2.24) is 0 Å². The van der Waals surface area contributed by atoms with Crippen molar-refractivity contribution in [2.24, 2.45) is 16.8 Å². The van der Waals surface area contributed by atoms with Crippen LogP contribution in [0.25, 0.3) is 0 Å². The highest BCUT2D eigenvalue weighted by Crippen LogP contribution is 2.29. The monoisotopic (exact) mass is 277 g/mol. The summed E-state index contributed by atoms with van der Waals surface area (Å²) in [5, 5.41) is 27.9. The standard InChI is InChI=1S/C15H19NO4/c17-13-3-1-2-12(14(13)18)9-16-8-10-4-6-11(7-5-10)15(19)20/h1-3,9-11,17-18H,4-8H2,(H,19,20)/t10-,11-. The summed E-state index contributed by atoms with van der Waals surface area (Å²) in [7, 11) is 0. The van der Waals surface area contributed by atoms with Gasteiger partial charge in [0.1, 0.15) is 0 Å². The Morgan fingerprint density at radius 1 is 1.25 bits per heavy atom. The molecule has 0 saturated heterocycles. The molecule has 0 amide bonds. The minimum absolute atomic E-state index is 0.157. The number of phenolic OH excluding ortho intramolecular Hbond substituents is 2. The Bertz CT molecular complexity index is 505. The lowest BCUT2D eigenvalue weighted by Gasteiger charge is -2.24. The van der Waals surface area contributed by atoms with Gasteiger partial charge in [-0.3, -0.25) is 9.79 Å². The van der Waals surface area contributed by atoms with E-state index in [0.717, 1.165) is 12.8 Å². The van der Waals surface area contributed by atoms with Crippen LogP contribution in [0.3, 0.4) is 0 Å². The van der Waals surface area contributed by atoms with E-state index in [1.165, 1.54) is 6.07 Å². The first-order chi connectivity index (χ1) is 9.58. The molecule has 1 aliphatic rings. The molecule has 5 nitrogen and oxygen atoms in total. The molecule has 0 atom stereocenters. The number of para-hydroxylation sites is 1. The largest absolute Gasteiger partial charge is 0.504 e. The van der Waals surface area contributed by atoms with Crippen molar-refractivity contribution < 1.29 is 20.1 Å². The Kier molecular flexibility index (Phi) is 4.61. The number of aliphatic carboxylic acids is 1. The Balaban J connectivity index is 1.85. The number of hydrogen-bond donors (Lipinski definition) is 3. The van der Waals surface area contributed by atoms with Crippen LogP contribution in [-0.4, -0.2) is 34.0 Å². The third-order valence-electron chi connectivity index (χ3n) is 3.84. The van der Waals surface area contributed by atoms with Crippen molar-refractivity contribution in [2.45, 2.75) is 25.7 Å². The molecule has 1 saturated carbocycles. The Morgan fingerprint density at radius 3 is 2.60 bits per heavy atom. The molecule has 1 aliphatic carbocycles. The van der Waals surface area contributed by atoms with Crippen molar-refractivity contribution in [3.63, 3.8) is 0 Å². The van der Waals surface area contributed by atoms with Crippen LogP contribution in [0.1, 0.15) is 31.2 Å². The molecule has 0 aromatic heterocycles. The van der Waals surface area contributed by atoms with E-state index in [-0.39, 0.29) is 17.4 Å². The van der Waals surface area contributed by atoms with Crippen molar-refractivity contribution in [1.29, 1.82) is 0 Å². The summed E-state index contributed by atoms with van der Waals surface area (Å²) in [6.07, 6.45) is 4.73. The van der Waals surface area contributed by atoms with E-state index in [4.69, 9.17) is 5.11 Å². The van der Waals surface area contributed by atoms with Gasteiger partial charge in [-0.25, -0.2) is 0 Å². The van der Waals surface area contributed by atoms with Crippen LogP contribution < -0.4 is 0 Å². The molecule has 0 radical (unpaired) electrons. The molecule has 20 heavy (non-hydrogen) atoms. The molecule has 3 N–H and O–H groups in total. The number of aliphatic imine (C=N–C) groups is 1. The number of aromatic hydroxyl groups is 2. The lowest BCUT2D eigenvalue weighted by Crippen LogP contribution is -2.22. The van der Waals surface area contributed by atoms with E-state index >= 15 is 0 Å². The van der Waals surface area contributed by atoms with Gasteiger partial charge in [-0.2, -0.15) is 0 Å². The summed E-state index contributed by atoms with van der Waals surface area (Å²) in [5.74, 6) is -0.815. The average molecular weight is 277 g/mol. The molecule has 0 spiro atoms. The average Bonchev–Trinajstić information content (AvgIpc) is 2.44. The maximum atomic E-state index is 10.8. The molecule has 2 rings (SSSR count). The molecule has 1 fully saturated rings. The predicted octanol–water partition coefficient (Wildman–Crippen LogP) is 2.41. The molecule has 0 aliphatic heterocycles. The van der Waals surface area contributed by atoms with Crippen molar-refractivity contribution in [3.8, 4) is 11.5 Å². The number of carbonyl (C=O) groups is 1. The van der Waals surface area contributed by atoms with Crippen molar-refractivity contribution >= 4 is 12.2 Å². The Labute approximate surface area is 117 Å². The normalized spacial score (nSPS) is 23.0. The third-order valence-corrected chi connectivity index (χ3v) is 3.84. The van der Waals surface area contributed by atoms with Crippen LogP contribution >= 0.6 is 0 Å². The SMILES string of the molecule is O=C(O)[C@H]1CC[C@H](CN=Cc2cccc(O)c2O)CC1. The second-order valence-corrected chi connectivity index (χ2v) is 5.27. The van der Waals surface area contributed by atoms with E-state index in [1.54, 1.807) is 18.3 Å². The lowest BCUT2D eigenvalue weighted by molar-refractivity contribution is -0.143. The molecule has 5 heteroatoms. The first-order valence-electron chi connectivity index (χ1n) is 6.81. The van der Waals surface area contributed by atoms with Gasteiger partial charge in [-0.15, -0.1) is 0 Å². The second kappa shape index (κ2) is 6.41. The van der Waals surface area contributed by atoms with Crippen LogP contribution in [0.4, 0.5) is 0 Å². The highest BCUT2D eigenvalue weighted by molar-refractivity contribution is 5.84. The molecular weight excluding hydrogens is 258 g/mol. The zero-order valence-corrected chi connectivity index (χ0v) is 11.2. The number of benzene rings is 1. The summed E-state index contributed by atoms with van der Waals surface area (Å²) < 4.78 is 0. The van der Waals surface area contributed by atoms with Crippen molar-refractivity contribution in [2.75, 3.05) is 6.54 Å². The van der Waals surface area contributed by atoms with Crippen LogP contribution in [0, 0.1) is 11.8 Å². The first-order valence-corrected chi connectivity index (χ1v) is 6.81. The fraction of sp³-hybridized carbons (Fsp3) is 0.467. The highest BCUT2D eigenvalue weighted by Gasteiger charge is 2.25. The summed E-state index contributed by atoms with van der Waals surface area (Å²) in [6.45, 7) is 0.626. The van der Waals surface area contributed by atoms with Crippen molar-refractivity contribution in [3.05, 3.63) is 23.8 Å². The number of phenols is 2. The molecule has 108 valence electrons. The fourth-order valence-corrected chi connectivity index (χ4v) is 2.54. The minimum Gasteiger partial charge on any atom is -0.504 e. The summed E-state index contributed by atoms with van der Waals surface area (Å²) >= 11 is 0. The second-order valence-electron chi connectivity index (χ2n) is 5.27. The van der Waals surface area contributed by atoms with Gasteiger partial charge in [0, 0.05) is 18.3 Å². The maximum Gasteiger partial charge on any atom is 0.306 e. The quantitative estimate of drug-likeness (QED) is 0.582. The van der Waals surface area contributed by atoms with Gasteiger partial charge in [-0.05, 0) is 43.7 Å². The summed E-state index contributed by atoms with van der Waals surface area (Å²) in [4.78, 5) is 15.1. The smallest absolute Gasteiger partial charge is 0.306 e. The number of carboxylic acid groups (broad SMARTS) is 1. The highest BCUT2D eigenvalue weighted by atomic mass is 16.4. The molecular formula is C15H19NO4. The first kappa shape index (κ1) is 14.4. The van der Waals surface area contributed by atoms with Crippen LogP contribution in [0.15, 0.2) is 23.2 Å². The molecule has 0 bridgehead atoms. The van der Waals surface area contributed by atoms with Crippen LogP contribution in [-0.2, 0) is 4.79 Å². The van der Waals surface area contributed by atoms with Crippen LogP contribution in [0.2, 0.25) is 0 Å². The van der Waals surface area contributed by atoms with Gasteiger partial charge in [0.05, 0.1) is 5.92 Å². The topological polar surface area (TPSA) is 90.1 Å². The zero-order chi connectivity index (χ0) is 14.5. The van der Waals surface area contributed by atoms with Gasteiger partial charge in [-0.1, -0.05) is 6.07 Å². The van der Waals surface area contributed by atoms with Gasteiger partial charge in [0.15, 0.2) is 11.5 Å². The predicted molar refractivity (Wildman–Crippen MR) is 75.3 cm³/mol. The summed E-state index contributed by atoms with van der Waals surface area (Å²) in [5.41, 5.74) is 0.490.